The zero-order valence-corrected chi connectivity index (χ0v) is 12.3. The summed E-state index contributed by atoms with van der Waals surface area (Å²) in [4.78, 5) is 2.01. The molecule has 0 radical (unpaired) electrons. The molecule has 0 spiro atoms. The number of halogens is 1. The molecular weight excluding hydrogens is 243 g/mol. The van der Waals surface area contributed by atoms with Gasteiger partial charge in [-0.1, -0.05) is 12.1 Å². The second kappa shape index (κ2) is 6.87. The van der Waals surface area contributed by atoms with Crippen LogP contribution in [-0.4, -0.2) is 31.8 Å². The van der Waals surface area contributed by atoms with Crippen molar-refractivity contribution in [2.24, 2.45) is 5.73 Å². The number of likely N-dealkylation sites (N-methyl/N-ethyl adjacent to an activating group) is 1. The highest BCUT2D eigenvalue weighted by Crippen LogP contribution is 2.25. The van der Waals surface area contributed by atoms with Crippen LogP contribution < -0.4 is 10.6 Å². The van der Waals surface area contributed by atoms with Crippen LogP contribution in [0.5, 0.6) is 0 Å². The molecule has 0 saturated carbocycles. The summed E-state index contributed by atoms with van der Waals surface area (Å²) in [7, 11) is 1.69. The summed E-state index contributed by atoms with van der Waals surface area (Å²) < 4.78 is 19.4. The number of hydrogen-bond donors (Lipinski definition) is 1. The predicted molar refractivity (Wildman–Crippen MR) is 78.0 cm³/mol. The number of benzene rings is 1. The van der Waals surface area contributed by atoms with Gasteiger partial charge in [-0.2, -0.15) is 0 Å². The molecule has 0 bridgehead atoms. The number of nitrogens with two attached hydrogens (primary N) is 1. The van der Waals surface area contributed by atoms with Gasteiger partial charge in [-0.05, 0) is 39.3 Å². The highest BCUT2D eigenvalue weighted by molar-refractivity contribution is 5.48. The fraction of sp³-hybridized carbons (Fsp3) is 0.600. The number of nitrogens with zero attached hydrogens (tertiary/aromatic N) is 1. The van der Waals surface area contributed by atoms with E-state index in [1.165, 1.54) is 6.07 Å². The Labute approximate surface area is 115 Å². The van der Waals surface area contributed by atoms with Crippen molar-refractivity contribution in [3.05, 3.63) is 30.1 Å². The van der Waals surface area contributed by atoms with Gasteiger partial charge in [0, 0.05) is 26.2 Å². The van der Waals surface area contributed by atoms with Crippen molar-refractivity contribution in [2.45, 2.75) is 38.8 Å². The molecule has 19 heavy (non-hydrogen) atoms. The third-order valence-corrected chi connectivity index (χ3v) is 3.50. The summed E-state index contributed by atoms with van der Waals surface area (Å²) in [6, 6.07) is 6.87. The Morgan fingerprint density at radius 3 is 2.47 bits per heavy atom. The van der Waals surface area contributed by atoms with Gasteiger partial charge in [0.05, 0.1) is 11.3 Å². The fourth-order valence-electron chi connectivity index (χ4n) is 2.28. The first-order chi connectivity index (χ1) is 8.95. The molecule has 0 aliphatic rings. The van der Waals surface area contributed by atoms with E-state index in [-0.39, 0.29) is 17.5 Å². The fourth-order valence-corrected chi connectivity index (χ4v) is 2.28. The lowest BCUT2D eigenvalue weighted by Crippen LogP contribution is -2.45. The Hall–Kier alpha value is -1.13. The van der Waals surface area contributed by atoms with Gasteiger partial charge in [0.2, 0.25) is 0 Å². The van der Waals surface area contributed by atoms with Crippen LogP contribution in [0, 0.1) is 5.82 Å². The van der Waals surface area contributed by atoms with Crippen LogP contribution in [-0.2, 0) is 4.74 Å². The van der Waals surface area contributed by atoms with E-state index in [0.29, 0.717) is 18.8 Å². The van der Waals surface area contributed by atoms with Crippen LogP contribution in [0.25, 0.3) is 0 Å². The first-order valence-corrected chi connectivity index (χ1v) is 6.71. The molecule has 1 aromatic carbocycles. The molecule has 1 rings (SSSR count). The lowest BCUT2D eigenvalue weighted by Gasteiger charge is -2.37. The van der Waals surface area contributed by atoms with Crippen molar-refractivity contribution < 1.29 is 9.13 Å². The summed E-state index contributed by atoms with van der Waals surface area (Å²) in [5.41, 5.74) is 6.21. The predicted octanol–water partition coefficient (Wildman–Crippen LogP) is 2.79. The van der Waals surface area contributed by atoms with E-state index in [4.69, 9.17) is 10.5 Å². The van der Waals surface area contributed by atoms with Gasteiger partial charge in [-0.15, -0.1) is 0 Å². The quantitative estimate of drug-likeness (QED) is 0.826. The van der Waals surface area contributed by atoms with Gasteiger partial charge in [-0.3, -0.25) is 0 Å². The molecule has 0 aliphatic heterocycles. The molecule has 0 fully saturated rings. The van der Waals surface area contributed by atoms with Crippen molar-refractivity contribution in [1.82, 2.24) is 0 Å². The molecule has 1 aromatic rings. The Balaban J connectivity index is 2.97. The molecule has 0 aliphatic carbocycles. The summed E-state index contributed by atoms with van der Waals surface area (Å²) >= 11 is 0. The van der Waals surface area contributed by atoms with Crippen molar-refractivity contribution >= 4 is 5.69 Å². The Morgan fingerprint density at radius 1 is 1.37 bits per heavy atom. The van der Waals surface area contributed by atoms with Crippen LogP contribution in [0.4, 0.5) is 10.1 Å². The van der Waals surface area contributed by atoms with Gasteiger partial charge in [0.25, 0.3) is 0 Å². The Bertz CT molecular complexity index is 395. The molecule has 1 unspecified atom stereocenters. The molecule has 4 heteroatoms. The standard InChI is InChI=1S/C15H25FN2O/c1-5-18(14-9-7-6-8-13(14)16)12(11-17)10-15(2,3)19-4/h6-9,12H,5,10-11,17H2,1-4H3. The summed E-state index contributed by atoms with van der Waals surface area (Å²) in [6.45, 7) is 7.22. The van der Waals surface area contributed by atoms with Crippen molar-refractivity contribution in [3.63, 3.8) is 0 Å². The maximum Gasteiger partial charge on any atom is 0.146 e. The highest BCUT2D eigenvalue weighted by atomic mass is 19.1. The SMILES string of the molecule is CCN(c1ccccc1F)C(CN)CC(C)(C)OC. The average molecular weight is 268 g/mol. The molecule has 0 heterocycles. The highest BCUT2D eigenvalue weighted by Gasteiger charge is 2.27. The van der Waals surface area contributed by atoms with Gasteiger partial charge in [0.15, 0.2) is 0 Å². The summed E-state index contributed by atoms with van der Waals surface area (Å²) in [6.07, 6.45) is 0.752. The molecule has 0 saturated heterocycles. The van der Waals surface area contributed by atoms with Crippen molar-refractivity contribution in [2.75, 3.05) is 25.1 Å². The molecule has 1 atom stereocenters. The minimum atomic E-state index is -0.275. The Morgan fingerprint density at radius 2 is 2.00 bits per heavy atom. The topological polar surface area (TPSA) is 38.5 Å². The monoisotopic (exact) mass is 268 g/mol. The summed E-state index contributed by atoms with van der Waals surface area (Å²) in [5, 5.41) is 0. The number of methoxy groups -OCH3 is 1. The average Bonchev–Trinajstić information content (AvgIpc) is 2.40. The smallest absolute Gasteiger partial charge is 0.146 e. The molecule has 3 nitrogen and oxygen atoms in total. The second-order valence-electron chi connectivity index (χ2n) is 5.29. The van der Waals surface area contributed by atoms with E-state index in [1.54, 1.807) is 19.2 Å². The first kappa shape index (κ1) is 15.9. The number of hydrogen-bond acceptors (Lipinski definition) is 3. The van der Waals surface area contributed by atoms with Crippen LogP contribution in [0.15, 0.2) is 24.3 Å². The lowest BCUT2D eigenvalue weighted by molar-refractivity contribution is 0.0101. The maximum absolute atomic E-state index is 13.9. The largest absolute Gasteiger partial charge is 0.379 e. The van der Waals surface area contributed by atoms with Crippen LogP contribution in [0.1, 0.15) is 27.2 Å². The minimum Gasteiger partial charge on any atom is -0.379 e. The van der Waals surface area contributed by atoms with Crippen LogP contribution in [0.3, 0.4) is 0 Å². The Kier molecular flexibility index (Phi) is 5.76. The van der Waals surface area contributed by atoms with E-state index in [9.17, 15) is 4.39 Å². The zero-order chi connectivity index (χ0) is 14.5. The van der Waals surface area contributed by atoms with Crippen molar-refractivity contribution in [3.8, 4) is 0 Å². The maximum atomic E-state index is 13.9. The van der Waals surface area contributed by atoms with Gasteiger partial charge < -0.3 is 15.4 Å². The van der Waals surface area contributed by atoms with Gasteiger partial charge >= 0.3 is 0 Å². The molecule has 0 amide bonds. The third-order valence-electron chi connectivity index (χ3n) is 3.50. The van der Waals surface area contributed by atoms with Gasteiger partial charge in [0.1, 0.15) is 5.82 Å². The first-order valence-electron chi connectivity index (χ1n) is 6.71. The molecule has 0 aromatic heterocycles. The van der Waals surface area contributed by atoms with Crippen molar-refractivity contribution in [1.29, 1.82) is 0 Å². The molecular formula is C15H25FN2O. The van der Waals surface area contributed by atoms with E-state index >= 15 is 0 Å². The third kappa shape index (κ3) is 4.18. The van der Waals surface area contributed by atoms with Gasteiger partial charge in [-0.25, -0.2) is 4.39 Å². The molecule has 108 valence electrons. The number of rotatable bonds is 7. The normalized spacial score (nSPS) is 13.4. The zero-order valence-electron chi connectivity index (χ0n) is 12.3. The molecule has 2 N–H and O–H groups in total. The number of anilines is 1. The van der Waals surface area contributed by atoms with E-state index < -0.39 is 0 Å². The number of para-hydroxylation sites is 1. The number of ether oxygens (including phenoxy) is 1. The minimum absolute atomic E-state index is 0.0526. The van der Waals surface area contributed by atoms with E-state index in [1.807, 2.05) is 31.7 Å². The lowest BCUT2D eigenvalue weighted by atomic mass is 9.97. The van der Waals surface area contributed by atoms with Crippen LogP contribution in [0.2, 0.25) is 0 Å². The van der Waals surface area contributed by atoms with E-state index in [2.05, 4.69) is 0 Å². The second-order valence-corrected chi connectivity index (χ2v) is 5.29. The van der Waals surface area contributed by atoms with Crippen LogP contribution >= 0.6 is 0 Å². The summed E-state index contributed by atoms with van der Waals surface area (Å²) in [5.74, 6) is -0.210. The van der Waals surface area contributed by atoms with E-state index in [0.717, 1.165) is 6.42 Å².